The van der Waals surface area contributed by atoms with Gasteiger partial charge in [0.15, 0.2) is 5.82 Å². The third kappa shape index (κ3) is 4.04. The summed E-state index contributed by atoms with van der Waals surface area (Å²) in [7, 11) is 0. The normalized spacial score (nSPS) is 13.8. The summed E-state index contributed by atoms with van der Waals surface area (Å²) in [4.78, 5) is 26.3. The SMILES string of the molecule is Cc1ncc(-c2ccc3c(c2)C(=O)Nc2cccc(n2)-c2nncn2CCCCO3)cn1. The first-order valence-electron chi connectivity index (χ1n) is 10.4. The molecule has 4 heterocycles. The van der Waals surface area contributed by atoms with Gasteiger partial charge in [-0.15, -0.1) is 10.2 Å². The number of nitrogens with zero attached hydrogens (tertiary/aromatic N) is 6. The minimum Gasteiger partial charge on any atom is -0.493 e. The number of hydrogen-bond donors (Lipinski definition) is 1. The quantitative estimate of drug-likeness (QED) is 0.495. The third-order valence-corrected chi connectivity index (χ3v) is 5.22. The van der Waals surface area contributed by atoms with Crippen LogP contribution in [-0.4, -0.2) is 42.2 Å². The maximum atomic E-state index is 13.2. The molecule has 9 heteroatoms. The van der Waals surface area contributed by atoms with Gasteiger partial charge in [-0.2, -0.15) is 0 Å². The molecule has 1 aromatic carbocycles. The summed E-state index contributed by atoms with van der Waals surface area (Å²) in [5.74, 6) is 2.00. The third-order valence-electron chi connectivity index (χ3n) is 5.22. The van der Waals surface area contributed by atoms with Crippen LogP contribution in [0.5, 0.6) is 5.75 Å². The Hall–Kier alpha value is -4.14. The van der Waals surface area contributed by atoms with Gasteiger partial charge < -0.3 is 14.6 Å². The molecule has 0 spiro atoms. The molecule has 0 fully saturated rings. The fourth-order valence-corrected chi connectivity index (χ4v) is 3.55. The minimum absolute atomic E-state index is 0.307. The van der Waals surface area contributed by atoms with Crippen LogP contribution in [0.3, 0.4) is 0 Å². The van der Waals surface area contributed by atoms with Crippen LogP contribution in [0.15, 0.2) is 55.1 Å². The molecule has 0 saturated carbocycles. The summed E-state index contributed by atoms with van der Waals surface area (Å²) in [6, 6.07) is 11.0. The molecule has 1 N–H and O–H groups in total. The van der Waals surface area contributed by atoms with Crippen LogP contribution >= 0.6 is 0 Å². The summed E-state index contributed by atoms with van der Waals surface area (Å²) in [5.41, 5.74) is 2.73. The van der Waals surface area contributed by atoms with Gasteiger partial charge in [-0.1, -0.05) is 12.1 Å². The van der Waals surface area contributed by atoms with Gasteiger partial charge >= 0.3 is 0 Å². The van der Waals surface area contributed by atoms with Crippen LogP contribution in [0.4, 0.5) is 5.82 Å². The molecule has 32 heavy (non-hydrogen) atoms. The zero-order chi connectivity index (χ0) is 21.9. The van der Waals surface area contributed by atoms with Crippen LogP contribution in [0.25, 0.3) is 22.6 Å². The number of pyridine rings is 1. The Bertz CT molecular complexity index is 1270. The van der Waals surface area contributed by atoms with E-state index >= 15 is 0 Å². The molecule has 0 saturated heterocycles. The molecule has 1 amide bonds. The van der Waals surface area contributed by atoms with E-state index in [4.69, 9.17) is 4.74 Å². The lowest BCUT2D eigenvalue weighted by molar-refractivity contribution is 0.102. The zero-order valence-corrected chi connectivity index (χ0v) is 17.5. The van der Waals surface area contributed by atoms with Gasteiger partial charge in [-0.05, 0) is 49.6 Å². The van der Waals surface area contributed by atoms with E-state index in [1.165, 1.54) is 0 Å². The molecule has 160 valence electrons. The maximum absolute atomic E-state index is 13.2. The summed E-state index contributed by atoms with van der Waals surface area (Å²) in [6.45, 7) is 3.08. The van der Waals surface area contributed by atoms with E-state index < -0.39 is 0 Å². The van der Waals surface area contributed by atoms with E-state index in [1.807, 2.05) is 35.8 Å². The van der Waals surface area contributed by atoms with Crippen molar-refractivity contribution < 1.29 is 9.53 Å². The van der Waals surface area contributed by atoms with Gasteiger partial charge in [0.25, 0.3) is 5.91 Å². The molecule has 5 rings (SSSR count). The van der Waals surface area contributed by atoms with Crippen molar-refractivity contribution in [2.75, 3.05) is 11.9 Å². The van der Waals surface area contributed by atoms with E-state index in [0.717, 1.165) is 30.5 Å². The van der Waals surface area contributed by atoms with Gasteiger partial charge in [-0.25, -0.2) is 15.0 Å². The predicted octanol–water partition coefficient (Wildman–Crippen LogP) is 3.53. The molecule has 0 unspecified atom stereocenters. The molecule has 9 nitrogen and oxygen atoms in total. The highest BCUT2D eigenvalue weighted by atomic mass is 16.5. The number of rotatable bonds is 1. The number of fused-ring (bicyclic) bond motifs is 5. The lowest BCUT2D eigenvalue weighted by Gasteiger charge is -2.15. The van der Waals surface area contributed by atoms with Crippen LogP contribution in [-0.2, 0) is 6.54 Å². The maximum Gasteiger partial charge on any atom is 0.260 e. The Labute approximate surface area is 184 Å². The number of carbonyl (C=O) groups is 1. The van der Waals surface area contributed by atoms with Crippen molar-refractivity contribution in [1.82, 2.24) is 29.7 Å². The van der Waals surface area contributed by atoms with Crippen molar-refractivity contribution in [2.24, 2.45) is 0 Å². The molecular weight excluding hydrogens is 406 g/mol. The first-order chi connectivity index (χ1) is 15.7. The minimum atomic E-state index is -0.307. The number of aromatic nitrogens is 6. The van der Waals surface area contributed by atoms with Crippen molar-refractivity contribution in [2.45, 2.75) is 26.3 Å². The number of ether oxygens (including phenoxy) is 1. The second-order valence-corrected chi connectivity index (χ2v) is 7.50. The van der Waals surface area contributed by atoms with Crippen molar-refractivity contribution in [3.63, 3.8) is 0 Å². The summed E-state index contributed by atoms with van der Waals surface area (Å²) in [5, 5.41) is 11.1. The Morgan fingerprint density at radius 3 is 2.81 bits per heavy atom. The largest absolute Gasteiger partial charge is 0.493 e. The fourth-order valence-electron chi connectivity index (χ4n) is 3.55. The summed E-state index contributed by atoms with van der Waals surface area (Å²) < 4.78 is 7.95. The summed E-state index contributed by atoms with van der Waals surface area (Å²) in [6.07, 6.45) is 6.88. The van der Waals surface area contributed by atoms with Gasteiger partial charge in [0, 0.05) is 24.5 Å². The van der Waals surface area contributed by atoms with Crippen molar-refractivity contribution >= 4 is 11.7 Å². The molecule has 4 aromatic rings. The number of carbonyl (C=O) groups excluding carboxylic acids is 1. The smallest absolute Gasteiger partial charge is 0.260 e. The summed E-state index contributed by atoms with van der Waals surface area (Å²) >= 11 is 0. The van der Waals surface area contributed by atoms with Crippen LogP contribution in [0.2, 0.25) is 0 Å². The first-order valence-corrected chi connectivity index (χ1v) is 10.4. The number of nitrogens with one attached hydrogen (secondary N) is 1. The van der Waals surface area contributed by atoms with Crippen molar-refractivity contribution in [1.29, 1.82) is 0 Å². The Kier molecular flexibility index (Phi) is 5.29. The number of aryl methyl sites for hydroxylation is 2. The fraction of sp³-hybridized carbons (Fsp3) is 0.217. The number of benzene rings is 1. The Morgan fingerprint density at radius 2 is 1.94 bits per heavy atom. The molecule has 0 radical (unpaired) electrons. The van der Waals surface area contributed by atoms with Gasteiger partial charge in [0.1, 0.15) is 29.4 Å². The number of hydrogen-bond acceptors (Lipinski definition) is 7. The lowest BCUT2D eigenvalue weighted by Crippen LogP contribution is -2.16. The van der Waals surface area contributed by atoms with E-state index in [-0.39, 0.29) is 5.91 Å². The molecule has 2 bridgehead atoms. The average molecular weight is 427 g/mol. The van der Waals surface area contributed by atoms with E-state index in [0.29, 0.717) is 41.1 Å². The highest BCUT2D eigenvalue weighted by Gasteiger charge is 2.17. The van der Waals surface area contributed by atoms with Crippen molar-refractivity contribution in [3.8, 4) is 28.4 Å². The van der Waals surface area contributed by atoms with Gasteiger partial charge in [0.05, 0.1) is 12.2 Å². The number of amides is 1. The van der Waals surface area contributed by atoms with E-state index in [1.54, 1.807) is 30.9 Å². The standard InChI is InChI=1S/C23H21N7O2/c1-15-24-12-17(13-25-15)16-7-8-20-18(11-16)23(31)28-21-6-4-5-19(27-21)22-29-26-14-30(22)9-2-3-10-32-20/h4-8,11-14H,2-3,9-10H2,1H3,(H,27,28,31). The Morgan fingerprint density at radius 1 is 1.06 bits per heavy atom. The molecule has 0 atom stereocenters. The topological polar surface area (TPSA) is 108 Å². The monoisotopic (exact) mass is 427 g/mol. The van der Waals surface area contributed by atoms with E-state index in [9.17, 15) is 4.79 Å². The van der Waals surface area contributed by atoms with Gasteiger partial charge in [-0.3, -0.25) is 4.79 Å². The Balaban J connectivity index is 1.53. The second kappa shape index (κ2) is 8.54. The molecular formula is C23H21N7O2. The number of anilines is 1. The second-order valence-electron chi connectivity index (χ2n) is 7.50. The van der Waals surface area contributed by atoms with Crippen molar-refractivity contribution in [3.05, 3.63) is 66.5 Å². The zero-order valence-electron chi connectivity index (χ0n) is 17.5. The van der Waals surface area contributed by atoms with Crippen LogP contribution < -0.4 is 10.1 Å². The van der Waals surface area contributed by atoms with E-state index in [2.05, 4.69) is 30.5 Å². The lowest BCUT2D eigenvalue weighted by atomic mass is 10.0. The highest BCUT2D eigenvalue weighted by molar-refractivity contribution is 6.06. The molecule has 1 aliphatic heterocycles. The average Bonchev–Trinajstić information content (AvgIpc) is 3.28. The molecule has 3 aromatic heterocycles. The molecule has 1 aliphatic rings. The van der Waals surface area contributed by atoms with Gasteiger partial charge in [0.2, 0.25) is 0 Å². The highest BCUT2D eigenvalue weighted by Crippen LogP contribution is 2.28. The first kappa shape index (κ1) is 19.8. The van der Waals surface area contributed by atoms with Crippen LogP contribution in [0.1, 0.15) is 29.0 Å². The van der Waals surface area contributed by atoms with Crippen LogP contribution in [0, 0.1) is 6.92 Å². The predicted molar refractivity (Wildman–Crippen MR) is 118 cm³/mol. The molecule has 0 aliphatic carbocycles.